The third-order valence-electron chi connectivity index (χ3n) is 3.47. The summed E-state index contributed by atoms with van der Waals surface area (Å²) < 4.78 is 9.11. The number of aromatic nitrogens is 1. The van der Waals surface area contributed by atoms with Gasteiger partial charge in [0.1, 0.15) is 5.75 Å². The standard InChI is InChI=1S/C18H15BrN2O2S/c1-3-9-21-15-8-7-14(23-2)11-16(15)24-18(21)20-17(22)12-5-4-6-13(19)10-12/h3-8,10-11H,1,9H2,2H3. The molecular formula is C18H15BrN2O2S. The Morgan fingerprint density at radius 2 is 2.21 bits per heavy atom. The highest BCUT2D eigenvalue weighted by atomic mass is 79.9. The van der Waals surface area contributed by atoms with Gasteiger partial charge in [-0.25, -0.2) is 0 Å². The fourth-order valence-corrected chi connectivity index (χ4v) is 3.81. The second kappa shape index (κ2) is 7.15. The van der Waals surface area contributed by atoms with E-state index in [-0.39, 0.29) is 5.91 Å². The summed E-state index contributed by atoms with van der Waals surface area (Å²) in [6, 6.07) is 13.0. The second-order valence-electron chi connectivity index (χ2n) is 5.04. The highest BCUT2D eigenvalue weighted by Gasteiger charge is 2.09. The maximum absolute atomic E-state index is 12.5. The molecule has 0 N–H and O–H groups in total. The van der Waals surface area contributed by atoms with Crippen LogP contribution in [0.25, 0.3) is 10.2 Å². The van der Waals surface area contributed by atoms with Gasteiger partial charge >= 0.3 is 0 Å². The predicted molar refractivity (Wildman–Crippen MR) is 101 cm³/mol. The Morgan fingerprint density at radius 3 is 2.92 bits per heavy atom. The minimum atomic E-state index is -0.271. The van der Waals surface area contributed by atoms with Crippen LogP contribution in [0.5, 0.6) is 5.75 Å². The normalized spacial score (nSPS) is 11.7. The lowest BCUT2D eigenvalue weighted by Crippen LogP contribution is -2.16. The lowest BCUT2D eigenvalue weighted by molar-refractivity contribution is 0.0998. The zero-order chi connectivity index (χ0) is 17.1. The summed E-state index contributed by atoms with van der Waals surface area (Å²) in [5.41, 5.74) is 1.55. The number of amides is 1. The Morgan fingerprint density at radius 1 is 1.38 bits per heavy atom. The van der Waals surface area contributed by atoms with Crippen molar-refractivity contribution in [3.05, 3.63) is 70.0 Å². The molecule has 0 aliphatic rings. The van der Waals surface area contributed by atoms with Crippen molar-refractivity contribution in [3.63, 3.8) is 0 Å². The summed E-state index contributed by atoms with van der Waals surface area (Å²) in [6.45, 7) is 4.37. The molecule has 6 heteroatoms. The quantitative estimate of drug-likeness (QED) is 0.606. The van der Waals surface area contributed by atoms with Gasteiger partial charge in [0, 0.05) is 16.6 Å². The number of ether oxygens (including phenoxy) is 1. The molecule has 1 aromatic heterocycles. The number of thiazole rings is 1. The van der Waals surface area contributed by atoms with Gasteiger partial charge < -0.3 is 9.30 Å². The number of carbonyl (C=O) groups is 1. The first-order valence-corrected chi connectivity index (χ1v) is 8.86. The van der Waals surface area contributed by atoms with Crippen LogP contribution < -0.4 is 9.54 Å². The summed E-state index contributed by atoms with van der Waals surface area (Å²) in [5.74, 6) is 0.506. The molecule has 0 atom stereocenters. The van der Waals surface area contributed by atoms with Crippen LogP contribution in [0.1, 0.15) is 10.4 Å². The number of nitrogens with zero attached hydrogens (tertiary/aromatic N) is 2. The molecule has 0 saturated heterocycles. The number of allylic oxidation sites excluding steroid dienone is 1. The zero-order valence-corrected chi connectivity index (χ0v) is 15.4. The molecule has 1 heterocycles. The SMILES string of the molecule is C=CCn1c(=NC(=O)c2cccc(Br)c2)sc2cc(OC)ccc21. The first kappa shape index (κ1) is 16.7. The number of halogens is 1. The van der Waals surface area contributed by atoms with Crippen LogP contribution in [0.3, 0.4) is 0 Å². The van der Waals surface area contributed by atoms with Gasteiger partial charge in [-0.1, -0.05) is 39.4 Å². The molecule has 3 aromatic rings. The van der Waals surface area contributed by atoms with Crippen LogP contribution in [0.4, 0.5) is 0 Å². The van der Waals surface area contributed by atoms with Gasteiger partial charge in [0.15, 0.2) is 4.80 Å². The van der Waals surface area contributed by atoms with Gasteiger partial charge in [0.2, 0.25) is 0 Å². The molecule has 0 spiro atoms. The molecule has 0 aliphatic heterocycles. The van der Waals surface area contributed by atoms with Crippen molar-refractivity contribution in [2.45, 2.75) is 6.54 Å². The van der Waals surface area contributed by atoms with Crippen LogP contribution >= 0.6 is 27.3 Å². The number of methoxy groups -OCH3 is 1. The fourth-order valence-electron chi connectivity index (χ4n) is 2.34. The van der Waals surface area contributed by atoms with Gasteiger partial charge in [-0.05, 0) is 36.4 Å². The zero-order valence-electron chi connectivity index (χ0n) is 13.0. The molecule has 0 unspecified atom stereocenters. The van der Waals surface area contributed by atoms with Crippen molar-refractivity contribution in [2.75, 3.05) is 7.11 Å². The van der Waals surface area contributed by atoms with E-state index in [1.54, 1.807) is 25.3 Å². The van der Waals surface area contributed by atoms with Crippen molar-refractivity contribution in [1.29, 1.82) is 0 Å². The van der Waals surface area contributed by atoms with Gasteiger partial charge in [0.25, 0.3) is 5.91 Å². The number of hydrogen-bond acceptors (Lipinski definition) is 3. The Labute approximate surface area is 151 Å². The summed E-state index contributed by atoms with van der Waals surface area (Å²) in [5, 5.41) is 0. The van der Waals surface area contributed by atoms with Crippen LogP contribution in [-0.4, -0.2) is 17.6 Å². The van der Waals surface area contributed by atoms with Gasteiger partial charge in [-0.15, -0.1) is 6.58 Å². The number of rotatable bonds is 4. The molecule has 0 fully saturated rings. The lowest BCUT2D eigenvalue weighted by Gasteiger charge is -2.02. The summed E-state index contributed by atoms with van der Waals surface area (Å²) in [6.07, 6.45) is 1.79. The average molecular weight is 403 g/mol. The molecule has 0 radical (unpaired) electrons. The minimum absolute atomic E-state index is 0.271. The topological polar surface area (TPSA) is 43.6 Å². The molecule has 1 amide bonds. The highest BCUT2D eigenvalue weighted by molar-refractivity contribution is 9.10. The lowest BCUT2D eigenvalue weighted by atomic mass is 10.2. The second-order valence-corrected chi connectivity index (χ2v) is 6.97. The van der Waals surface area contributed by atoms with Crippen LogP contribution in [-0.2, 0) is 6.54 Å². The number of carbonyl (C=O) groups excluding carboxylic acids is 1. The maximum Gasteiger partial charge on any atom is 0.279 e. The van der Waals surface area contributed by atoms with Crippen molar-refractivity contribution in [3.8, 4) is 5.75 Å². The first-order chi connectivity index (χ1) is 11.6. The third-order valence-corrected chi connectivity index (χ3v) is 5.00. The summed E-state index contributed by atoms with van der Waals surface area (Å²) in [7, 11) is 1.63. The molecule has 122 valence electrons. The first-order valence-electron chi connectivity index (χ1n) is 7.25. The molecule has 2 aromatic carbocycles. The van der Waals surface area contributed by atoms with Crippen LogP contribution in [0, 0.1) is 0 Å². The molecule has 3 rings (SSSR count). The Hall–Kier alpha value is -2.18. The van der Waals surface area contributed by atoms with Crippen molar-refractivity contribution < 1.29 is 9.53 Å². The largest absolute Gasteiger partial charge is 0.497 e. The summed E-state index contributed by atoms with van der Waals surface area (Å²) >= 11 is 4.83. The van der Waals surface area contributed by atoms with E-state index in [4.69, 9.17) is 4.74 Å². The Kier molecular flexibility index (Phi) is 4.97. The van der Waals surface area contributed by atoms with Gasteiger partial charge in [-0.2, -0.15) is 4.99 Å². The number of fused-ring (bicyclic) bond motifs is 1. The molecular weight excluding hydrogens is 388 g/mol. The maximum atomic E-state index is 12.5. The van der Waals surface area contributed by atoms with Crippen LogP contribution in [0.2, 0.25) is 0 Å². The molecule has 0 aliphatic carbocycles. The Bertz CT molecular complexity index is 988. The van der Waals surface area contributed by atoms with E-state index in [1.807, 2.05) is 34.9 Å². The average Bonchev–Trinajstić information content (AvgIpc) is 2.91. The monoisotopic (exact) mass is 402 g/mol. The van der Waals surface area contributed by atoms with Crippen molar-refractivity contribution in [2.24, 2.45) is 4.99 Å². The van der Waals surface area contributed by atoms with E-state index in [9.17, 15) is 4.79 Å². The van der Waals surface area contributed by atoms with Gasteiger partial charge in [0.05, 0.1) is 17.3 Å². The van der Waals surface area contributed by atoms with E-state index < -0.39 is 0 Å². The third kappa shape index (κ3) is 3.34. The van der Waals surface area contributed by atoms with Gasteiger partial charge in [-0.3, -0.25) is 4.79 Å². The van der Waals surface area contributed by atoms with Crippen LogP contribution in [0.15, 0.2) is 64.6 Å². The highest BCUT2D eigenvalue weighted by Crippen LogP contribution is 2.23. The van der Waals surface area contributed by atoms with E-state index in [2.05, 4.69) is 27.5 Å². The molecule has 4 nitrogen and oxygen atoms in total. The van der Waals surface area contributed by atoms with E-state index in [0.29, 0.717) is 16.9 Å². The smallest absolute Gasteiger partial charge is 0.279 e. The van der Waals surface area contributed by atoms with E-state index >= 15 is 0 Å². The van der Waals surface area contributed by atoms with Crippen molar-refractivity contribution in [1.82, 2.24) is 4.57 Å². The Balaban J connectivity index is 2.14. The predicted octanol–water partition coefficient (Wildman–Crippen LogP) is 4.40. The van der Waals surface area contributed by atoms with Crippen molar-refractivity contribution >= 4 is 43.4 Å². The minimum Gasteiger partial charge on any atom is -0.497 e. The van der Waals surface area contributed by atoms with E-state index in [1.165, 1.54) is 11.3 Å². The number of benzene rings is 2. The summed E-state index contributed by atoms with van der Waals surface area (Å²) in [4.78, 5) is 17.4. The molecule has 0 bridgehead atoms. The molecule has 0 saturated carbocycles. The number of hydrogen-bond donors (Lipinski definition) is 0. The fraction of sp³-hybridized carbons (Fsp3) is 0.111. The van der Waals surface area contributed by atoms with E-state index in [0.717, 1.165) is 20.4 Å². The molecule has 24 heavy (non-hydrogen) atoms.